The van der Waals surface area contributed by atoms with E-state index in [0.29, 0.717) is 37.6 Å². The quantitative estimate of drug-likeness (QED) is 0.617. The van der Waals surface area contributed by atoms with Crippen LogP contribution >= 0.6 is 0 Å². The largest absolute Gasteiger partial charge is 0.497 e. The van der Waals surface area contributed by atoms with Crippen molar-refractivity contribution in [3.8, 4) is 5.75 Å². The molecule has 2 amide bonds. The molecule has 8 nitrogen and oxygen atoms in total. The Morgan fingerprint density at radius 2 is 1.55 bits per heavy atom. The van der Waals surface area contributed by atoms with Crippen molar-refractivity contribution < 1.29 is 22.7 Å². The zero-order valence-electron chi connectivity index (χ0n) is 19.6. The van der Waals surface area contributed by atoms with Gasteiger partial charge in [0.15, 0.2) is 0 Å². The van der Waals surface area contributed by atoms with Crippen molar-refractivity contribution in [3.63, 3.8) is 0 Å². The van der Waals surface area contributed by atoms with Crippen molar-refractivity contribution in [2.45, 2.75) is 32.1 Å². The van der Waals surface area contributed by atoms with E-state index in [0.717, 1.165) is 11.1 Å². The predicted molar refractivity (Wildman–Crippen MR) is 127 cm³/mol. The number of amides is 2. The first-order chi connectivity index (χ1) is 15.6. The van der Waals surface area contributed by atoms with Crippen LogP contribution in [-0.4, -0.2) is 69.9 Å². The van der Waals surface area contributed by atoms with Crippen molar-refractivity contribution >= 4 is 27.5 Å². The van der Waals surface area contributed by atoms with Crippen molar-refractivity contribution in [2.24, 2.45) is 0 Å². The van der Waals surface area contributed by atoms with Crippen LogP contribution in [0.3, 0.4) is 0 Å². The van der Waals surface area contributed by atoms with Gasteiger partial charge >= 0.3 is 0 Å². The van der Waals surface area contributed by atoms with Gasteiger partial charge in [0, 0.05) is 46.1 Å². The molecule has 33 heavy (non-hydrogen) atoms. The molecule has 1 fully saturated rings. The normalized spacial score (nSPS) is 14.2. The molecule has 0 radical (unpaired) electrons. The predicted octanol–water partition coefficient (Wildman–Crippen LogP) is 2.59. The van der Waals surface area contributed by atoms with E-state index in [4.69, 9.17) is 4.74 Å². The van der Waals surface area contributed by atoms with E-state index in [1.807, 2.05) is 13.8 Å². The molecule has 2 aromatic carbocycles. The van der Waals surface area contributed by atoms with Crippen LogP contribution in [0.1, 0.15) is 24.5 Å². The van der Waals surface area contributed by atoms with E-state index in [9.17, 15) is 18.0 Å². The first-order valence-corrected chi connectivity index (χ1v) is 12.3. The molecule has 1 heterocycles. The number of hydrogen-bond donors (Lipinski definition) is 0. The molecule has 0 bridgehead atoms. The van der Waals surface area contributed by atoms with Crippen molar-refractivity contribution in [1.29, 1.82) is 0 Å². The lowest BCUT2D eigenvalue weighted by Crippen LogP contribution is -2.50. The number of rotatable bonds is 7. The minimum atomic E-state index is -3.89. The van der Waals surface area contributed by atoms with Gasteiger partial charge in [0.05, 0.1) is 17.7 Å². The molecule has 9 heteroatoms. The summed E-state index contributed by atoms with van der Waals surface area (Å²) >= 11 is 0. The Hall–Kier alpha value is -3.07. The second-order valence-electron chi connectivity index (χ2n) is 8.16. The number of carbonyl (C=O) groups excluding carboxylic acids is 2. The highest BCUT2D eigenvalue weighted by Crippen LogP contribution is 2.27. The molecule has 1 aliphatic rings. The fourth-order valence-corrected chi connectivity index (χ4v) is 5.32. The van der Waals surface area contributed by atoms with Crippen LogP contribution in [0.5, 0.6) is 5.75 Å². The van der Waals surface area contributed by atoms with E-state index in [1.54, 1.807) is 59.4 Å². The highest BCUT2D eigenvalue weighted by Gasteiger charge is 2.28. The Morgan fingerprint density at radius 3 is 2.09 bits per heavy atom. The molecule has 0 atom stereocenters. The van der Waals surface area contributed by atoms with Gasteiger partial charge in [-0.25, -0.2) is 8.42 Å². The molecular formula is C24H31N3O5S. The van der Waals surface area contributed by atoms with Crippen LogP contribution in [0, 0.1) is 13.8 Å². The maximum Gasteiger partial charge on any atom is 0.264 e. The lowest BCUT2D eigenvalue weighted by atomic mass is 10.1. The molecular weight excluding hydrogens is 442 g/mol. The van der Waals surface area contributed by atoms with E-state index < -0.39 is 10.0 Å². The maximum absolute atomic E-state index is 13.6. The van der Waals surface area contributed by atoms with Gasteiger partial charge in [-0.2, -0.15) is 0 Å². The molecule has 0 saturated carbocycles. The molecule has 2 aromatic rings. The van der Waals surface area contributed by atoms with Gasteiger partial charge in [-0.15, -0.1) is 0 Å². The average Bonchev–Trinajstić information content (AvgIpc) is 2.81. The molecule has 1 saturated heterocycles. The number of aryl methyl sites for hydroxylation is 2. The SMILES string of the molecule is COc1ccc(N(CCC(=O)N2CCN(C(C)=O)CC2)S(=O)(=O)c2ccc(C)c(C)c2)cc1. The van der Waals surface area contributed by atoms with Gasteiger partial charge in [0.2, 0.25) is 11.8 Å². The number of ether oxygens (including phenoxy) is 1. The minimum Gasteiger partial charge on any atom is -0.497 e. The molecule has 178 valence electrons. The number of piperazine rings is 1. The standard InChI is InChI=1S/C24H31N3O5S/c1-18-5-10-23(17-19(18)2)33(30,31)27(21-6-8-22(32-4)9-7-21)12-11-24(29)26-15-13-25(14-16-26)20(3)28/h5-10,17H,11-16H2,1-4H3. The van der Waals surface area contributed by atoms with Gasteiger partial charge in [-0.3, -0.25) is 13.9 Å². The third-order valence-electron chi connectivity index (χ3n) is 6.03. The van der Waals surface area contributed by atoms with Crippen molar-refractivity contribution in [3.05, 3.63) is 53.6 Å². The Kier molecular flexibility index (Phi) is 7.63. The molecule has 0 unspecified atom stereocenters. The molecule has 1 aliphatic heterocycles. The van der Waals surface area contributed by atoms with E-state index >= 15 is 0 Å². The monoisotopic (exact) mass is 473 g/mol. The Bertz CT molecular complexity index is 1110. The third kappa shape index (κ3) is 5.65. The summed E-state index contributed by atoms with van der Waals surface area (Å²) in [6, 6.07) is 11.8. The molecule has 0 spiro atoms. The van der Waals surface area contributed by atoms with Crippen LogP contribution in [0.25, 0.3) is 0 Å². The number of methoxy groups -OCH3 is 1. The van der Waals surface area contributed by atoms with Gasteiger partial charge in [0.1, 0.15) is 5.75 Å². The van der Waals surface area contributed by atoms with E-state index in [2.05, 4.69) is 0 Å². The van der Waals surface area contributed by atoms with Crippen LogP contribution in [-0.2, 0) is 19.6 Å². The summed E-state index contributed by atoms with van der Waals surface area (Å²) in [6.07, 6.45) is 0.0379. The molecule has 3 rings (SSSR count). The fourth-order valence-electron chi connectivity index (χ4n) is 3.76. The Morgan fingerprint density at radius 1 is 0.939 bits per heavy atom. The first-order valence-electron chi connectivity index (χ1n) is 10.9. The second-order valence-corrected chi connectivity index (χ2v) is 10.0. The maximum atomic E-state index is 13.6. The lowest BCUT2D eigenvalue weighted by Gasteiger charge is -2.34. The van der Waals surface area contributed by atoms with Crippen molar-refractivity contribution in [1.82, 2.24) is 9.80 Å². The van der Waals surface area contributed by atoms with Gasteiger partial charge in [-0.05, 0) is 61.4 Å². The van der Waals surface area contributed by atoms with Gasteiger partial charge < -0.3 is 14.5 Å². The van der Waals surface area contributed by atoms with Crippen molar-refractivity contribution in [2.75, 3.05) is 44.1 Å². The average molecular weight is 474 g/mol. The molecule has 0 aliphatic carbocycles. The van der Waals surface area contributed by atoms with Gasteiger partial charge in [0.25, 0.3) is 10.0 Å². The number of anilines is 1. The second kappa shape index (κ2) is 10.2. The summed E-state index contributed by atoms with van der Waals surface area (Å²) in [5, 5.41) is 0. The molecule has 0 N–H and O–H groups in total. The Labute approximate surface area is 195 Å². The Balaban J connectivity index is 1.82. The molecule has 0 aromatic heterocycles. The number of nitrogens with zero attached hydrogens (tertiary/aromatic N) is 3. The number of carbonyl (C=O) groups is 2. The lowest BCUT2D eigenvalue weighted by molar-refractivity contribution is -0.138. The summed E-state index contributed by atoms with van der Waals surface area (Å²) < 4.78 is 33.6. The summed E-state index contributed by atoms with van der Waals surface area (Å²) in [7, 11) is -2.35. The summed E-state index contributed by atoms with van der Waals surface area (Å²) in [4.78, 5) is 28.0. The highest BCUT2D eigenvalue weighted by molar-refractivity contribution is 7.92. The zero-order valence-corrected chi connectivity index (χ0v) is 20.4. The van der Waals surface area contributed by atoms with Crippen LogP contribution < -0.4 is 9.04 Å². The summed E-state index contributed by atoms with van der Waals surface area (Å²) in [5.41, 5.74) is 2.35. The third-order valence-corrected chi connectivity index (χ3v) is 7.86. The van der Waals surface area contributed by atoms with Crippen LogP contribution in [0.2, 0.25) is 0 Å². The topological polar surface area (TPSA) is 87.2 Å². The minimum absolute atomic E-state index is 0.00716. The van der Waals surface area contributed by atoms with E-state index in [1.165, 1.54) is 11.2 Å². The number of benzene rings is 2. The highest BCUT2D eigenvalue weighted by atomic mass is 32.2. The fraction of sp³-hybridized carbons (Fsp3) is 0.417. The zero-order chi connectivity index (χ0) is 24.2. The van der Waals surface area contributed by atoms with E-state index in [-0.39, 0.29) is 29.7 Å². The summed E-state index contributed by atoms with van der Waals surface area (Å²) in [6.45, 7) is 7.20. The first kappa shape index (κ1) is 24.6. The van der Waals surface area contributed by atoms with Crippen LogP contribution in [0.4, 0.5) is 5.69 Å². The number of hydrogen-bond acceptors (Lipinski definition) is 5. The smallest absolute Gasteiger partial charge is 0.264 e. The summed E-state index contributed by atoms with van der Waals surface area (Å²) in [5.74, 6) is 0.473. The van der Waals surface area contributed by atoms with Gasteiger partial charge in [-0.1, -0.05) is 6.07 Å². The number of sulfonamides is 1. The van der Waals surface area contributed by atoms with Crippen LogP contribution in [0.15, 0.2) is 47.4 Å².